The first-order chi connectivity index (χ1) is 22.6. The van der Waals surface area contributed by atoms with Gasteiger partial charge in [-0.15, -0.1) is 0 Å². The molecule has 0 spiro atoms. The molecular weight excluding hydrogens is 622 g/mol. The zero-order valence-electron chi connectivity index (χ0n) is 28.6. The molecule has 3 aliphatic heterocycles. The molecular formula is C33H55N7O8. The number of fused-ring (bicyclic) bond motifs is 15. The van der Waals surface area contributed by atoms with E-state index in [9.17, 15) is 39.6 Å². The number of hydrogen-bond acceptors (Lipinski definition) is 11. The molecule has 15 heteroatoms. The highest BCUT2D eigenvalue weighted by Gasteiger charge is 2.36. The van der Waals surface area contributed by atoms with E-state index in [1.165, 1.54) is 5.56 Å². The summed E-state index contributed by atoms with van der Waals surface area (Å²) in [5.74, 6) is -4.18. The highest BCUT2D eigenvalue weighted by Crippen LogP contribution is 2.23. The summed E-state index contributed by atoms with van der Waals surface area (Å²) < 4.78 is 0. The van der Waals surface area contributed by atoms with Crippen LogP contribution in [0.5, 0.6) is 0 Å². The Labute approximate surface area is 283 Å². The summed E-state index contributed by atoms with van der Waals surface area (Å²) in [6.45, 7) is 10.2. The van der Waals surface area contributed by atoms with Gasteiger partial charge < -0.3 is 36.4 Å². The minimum atomic E-state index is -1.02. The largest absolute Gasteiger partial charge is 0.480 e. The second kappa shape index (κ2) is 18.5. The Balaban J connectivity index is 2.08. The normalized spacial score (nSPS) is 23.7. The Kier molecular flexibility index (Phi) is 15.2. The molecule has 0 radical (unpaired) electrons. The van der Waals surface area contributed by atoms with E-state index in [0.29, 0.717) is 45.8 Å². The number of carbonyl (C=O) groups is 4. The highest BCUT2D eigenvalue weighted by molar-refractivity contribution is 5.70. The van der Waals surface area contributed by atoms with Crippen LogP contribution >= 0.6 is 0 Å². The van der Waals surface area contributed by atoms with E-state index >= 15 is 0 Å². The van der Waals surface area contributed by atoms with Gasteiger partial charge in [0.1, 0.15) is 0 Å². The fourth-order valence-corrected chi connectivity index (χ4v) is 6.56. The Morgan fingerprint density at radius 1 is 0.729 bits per heavy atom. The molecule has 48 heavy (non-hydrogen) atoms. The van der Waals surface area contributed by atoms with Crippen molar-refractivity contribution < 1.29 is 39.6 Å². The molecule has 3 fully saturated rings. The SMILES string of the molecule is CC(C)(C)c1ccc(CNC23CNCCNCC(CN(CC(=O)O)CCN(CC(=O)O)C2)CN(CC(=O)O)CCN(CC(=O)O)C3)cc1. The molecule has 270 valence electrons. The predicted molar refractivity (Wildman–Crippen MR) is 180 cm³/mol. The summed E-state index contributed by atoms with van der Waals surface area (Å²) in [6, 6.07) is 8.30. The summed E-state index contributed by atoms with van der Waals surface area (Å²) in [6.07, 6.45) is 0. The van der Waals surface area contributed by atoms with Crippen LogP contribution in [0.3, 0.4) is 0 Å². The number of aliphatic carboxylic acids is 4. The van der Waals surface area contributed by atoms with E-state index in [2.05, 4.69) is 61.0 Å². The summed E-state index contributed by atoms with van der Waals surface area (Å²) in [4.78, 5) is 55.2. The molecule has 1 aromatic carbocycles. The lowest BCUT2D eigenvalue weighted by molar-refractivity contribution is -0.141. The van der Waals surface area contributed by atoms with Gasteiger partial charge in [-0.1, -0.05) is 45.0 Å². The van der Waals surface area contributed by atoms with Crippen LogP contribution in [0, 0.1) is 5.92 Å². The van der Waals surface area contributed by atoms with Crippen molar-refractivity contribution in [1.82, 2.24) is 35.6 Å². The lowest BCUT2D eigenvalue weighted by Gasteiger charge is -2.44. The van der Waals surface area contributed by atoms with E-state index in [-0.39, 0.29) is 76.8 Å². The van der Waals surface area contributed by atoms with E-state index in [0.717, 1.165) is 5.56 Å². The Bertz CT molecular complexity index is 1160. The van der Waals surface area contributed by atoms with Gasteiger partial charge in [-0.2, -0.15) is 0 Å². The van der Waals surface area contributed by atoms with Crippen molar-refractivity contribution in [3.05, 3.63) is 35.4 Å². The minimum absolute atomic E-state index is 0.0173. The third kappa shape index (κ3) is 14.1. The smallest absolute Gasteiger partial charge is 0.317 e. The first-order valence-electron chi connectivity index (χ1n) is 16.6. The minimum Gasteiger partial charge on any atom is -0.480 e. The average Bonchev–Trinajstić information content (AvgIpc) is 2.97. The van der Waals surface area contributed by atoms with E-state index in [4.69, 9.17) is 0 Å². The zero-order valence-corrected chi connectivity index (χ0v) is 28.6. The first-order valence-corrected chi connectivity index (χ1v) is 16.6. The van der Waals surface area contributed by atoms with Crippen LogP contribution in [-0.4, -0.2) is 174 Å². The fraction of sp³-hybridized carbons (Fsp3) is 0.697. The molecule has 3 saturated heterocycles. The van der Waals surface area contributed by atoms with E-state index in [1.807, 2.05) is 0 Å². The van der Waals surface area contributed by atoms with Gasteiger partial charge in [-0.05, 0) is 22.5 Å². The summed E-state index contributed by atoms with van der Waals surface area (Å²) in [7, 11) is 0. The van der Waals surface area contributed by atoms with Gasteiger partial charge in [0.05, 0.1) is 31.7 Å². The van der Waals surface area contributed by atoms with Gasteiger partial charge in [0.25, 0.3) is 0 Å². The van der Waals surface area contributed by atoms with Crippen LogP contribution in [-0.2, 0) is 31.1 Å². The molecule has 0 saturated carbocycles. The Morgan fingerprint density at radius 2 is 1.17 bits per heavy atom. The maximum atomic E-state index is 12.1. The number of nitrogens with one attached hydrogen (secondary N) is 3. The third-order valence-corrected chi connectivity index (χ3v) is 8.85. The third-order valence-electron chi connectivity index (χ3n) is 8.85. The molecule has 15 nitrogen and oxygen atoms in total. The molecule has 3 heterocycles. The maximum absolute atomic E-state index is 12.1. The molecule has 3 aliphatic rings. The molecule has 1 aromatic rings. The molecule has 0 aromatic heterocycles. The molecule has 4 rings (SSSR count). The number of carboxylic acids is 4. The van der Waals surface area contributed by atoms with Crippen molar-refractivity contribution >= 4 is 23.9 Å². The van der Waals surface area contributed by atoms with Crippen LogP contribution in [0.15, 0.2) is 24.3 Å². The maximum Gasteiger partial charge on any atom is 0.317 e. The summed E-state index contributed by atoms with van der Waals surface area (Å²) in [5.41, 5.74) is 1.34. The monoisotopic (exact) mass is 677 g/mol. The topological polar surface area (TPSA) is 198 Å². The Hall–Kier alpha value is -3.18. The van der Waals surface area contributed by atoms with Gasteiger partial charge >= 0.3 is 23.9 Å². The highest BCUT2D eigenvalue weighted by atomic mass is 16.4. The Morgan fingerprint density at radius 3 is 1.62 bits per heavy atom. The quantitative estimate of drug-likeness (QED) is 0.153. The summed E-state index contributed by atoms with van der Waals surface area (Å²) in [5, 5.41) is 50.0. The lowest BCUT2D eigenvalue weighted by Crippen LogP contribution is -2.66. The van der Waals surface area contributed by atoms with Crippen LogP contribution in [0.4, 0.5) is 0 Å². The zero-order chi connectivity index (χ0) is 35.3. The number of hydrogen-bond donors (Lipinski definition) is 7. The number of carboxylic acid groups (broad SMARTS) is 4. The van der Waals surface area contributed by atoms with E-state index < -0.39 is 29.4 Å². The van der Waals surface area contributed by atoms with Crippen molar-refractivity contribution in [3.63, 3.8) is 0 Å². The molecule has 2 bridgehead atoms. The molecule has 0 amide bonds. The molecule has 0 aliphatic carbocycles. The summed E-state index contributed by atoms with van der Waals surface area (Å²) >= 11 is 0. The number of nitrogens with zero attached hydrogens (tertiary/aromatic N) is 4. The van der Waals surface area contributed by atoms with Crippen molar-refractivity contribution in [2.75, 3.05) is 105 Å². The van der Waals surface area contributed by atoms with Gasteiger partial charge in [-0.25, -0.2) is 0 Å². The van der Waals surface area contributed by atoms with E-state index in [1.54, 1.807) is 19.6 Å². The number of rotatable bonds is 11. The van der Waals surface area contributed by atoms with Gasteiger partial charge in [0, 0.05) is 85.1 Å². The molecule has 0 atom stereocenters. The van der Waals surface area contributed by atoms with Crippen LogP contribution < -0.4 is 16.0 Å². The van der Waals surface area contributed by atoms with Crippen LogP contribution in [0.25, 0.3) is 0 Å². The second-order valence-electron chi connectivity index (χ2n) is 14.3. The lowest BCUT2D eigenvalue weighted by atomic mass is 9.86. The van der Waals surface area contributed by atoms with Gasteiger partial charge in [0.2, 0.25) is 0 Å². The fourth-order valence-electron chi connectivity index (χ4n) is 6.56. The van der Waals surface area contributed by atoms with Gasteiger partial charge in [-0.3, -0.25) is 38.8 Å². The standard InChI is InChI=1S/C33H55N7O8/c1-32(2,3)27-6-4-25(5-7-27)15-36-33-22-35-9-8-34-14-26(16-37(18-28(41)42)10-12-39(23-33)20-30(45)46)17-38(19-29(43)44)11-13-40(24-33)21-31(47)48/h4-7,26,34-36H,8-24H2,1-3H3,(H,41,42)(H,43,44)(H,45,46)(H,47,48). The van der Waals surface area contributed by atoms with Crippen molar-refractivity contribution in [2.45, 2.75) is 38.3 Å². The molecule has 7 N–H and O–H groups in total. The van der Waals surface area contributed by atoms with Crippen molar-refractivity contribution in [3.8, 4) is 0 Å². The average molecular weight is 678 g/mol. The molecule has 0 unspecified atom stereocenters. The van der Waals surface area contributed by atoms with Crippen molar-refractivity contribution in [1.29, 1.82) is 0 Å². The van der Waals surface area contributed by atoms with Crippen LogP contribution in [0.2, 0.25) is 0 Å². The van der Waals surface area contributed by atoms with Crippen LogP contribution in [0.1, 0.15) is 31.9 Å². The number of benzene rings is 1. The predicted octanol–water partition coefficient (Wildman–Crippen LogP) is -0.818. The second-order valence-corrected chi connectivity index (χ2v) is 14.3. The van der Waals surface area contributed by atoms with Crippen molar-refractivity contribution in [2.24, 2.45) is 5.92 Å². The first kappa shape index (κ1) is 39.3. The van der Waals surface area contributed by atoms with Gasteiger partial charge in [0.15, 0.2) is 0 Å².